The van der Waals surface area contributed by atoms with Crippen molar-refractivity contribution in [3.63, 3.8) is 0 Å². The highest BCUT2D eigenvalue weighted by atomic mass is 35.5. The first-order chi connectivity index (χ1) is 16.1. The van der Waals surface area contributed by atoms with Gasteiger partial charge >= 0.3 is 0 Å². The van der Waals surface area contributed by atoms with Crippen molar-refractivity contribution in [1.29, 1.82) is 0 Å². The van der Waals surface area contributed by atoms with Crippen molar-refractivity contribution < 1.29 is 14.3 Å². The molecule has 0 atom stereocenters. The van der Waals surface area contributed by atoms with Gasteiger partial charge in [0.15, 0.2) is 5.75 Å². The number of nitrogens with one attached hydrogen (secondary N) is 2. The number of hydrogen-bond donors (Lipinski definition) is 3. The van der Waals surface area contributed by atoms with E-state index in [2.05, 4.69) is 15.6 Å². The molecule has 4 N–H and O–H groups in total. The number of carbonyl (C=O) groups excluding carboxylic acids is 2. The highest BCUT2D eigenvalue weighted by molar-refractivity contribution is 7.15. The fraction of sp³-hybridized carbons (Fsp3) is 0.0800. The van der Waals surface area contributed by atoms with Gasteiger partial charge in [0.05, 0.1) is 17.8 Å². The van der Waals surface area contributed by atoms with Gasteiger partial charge in [-0.15, -0.1) is 23.7 Å². The van der Waals surface area contributed by atoms with Crippen LogP contribution in [0.4, 0.5) is 5.69 Å². The van der Waals surface area contributed by atoms with Crippen molar-refractivity contribution in [2.75, 3.05) is 5.32 Å². The smallest absolute Gasteiger partial charge is 0.259 e. The lowest BCUT2D eigenvalue weighted by molar-refractivity contribution is 0.0950. The van der Waals surface area contributed by atoms with Crippen molar-refractivity contribution in [2.45, 2.75) is 13.1 Å². The zero-order valence-electron chi connectivity index (χ0n) is 17.9. The topological polar surface area (TPSA) is 106 Å². The third-order valence-corrected chi connectivity index (χ3v) is 6.30. The molecule has 0 aliphatic carbocycles. The summed E-state index contributed by atoms with van der Waals surface area (Å²) < 4.78 is 5.87. The molecule has 0 radical (unpaired) electrons. The highest BCUT2D eigenvalue weighted by Crippen LogP contribution is 2.36. The van der Waals surface area contributed by atoms with E-state index in [4.69, 9.17) is 10.5 Å². The summed E-state index contributed by atoms with van der Waals surface area (Å²) in [6.07, 6.45) is 1.76. The lowest BCUT2D eigenvalue weighted by Crippen LogP contribution is -2.22. The molecule has 4 aromatic rings. The van der Waals surface area contributed by atoms with E-state index in [1.807, 2.05) is 24.3 Å². The normalized spacial score (nSPS) is 11.7. The SMILES string of the molecule is Cl.NCc1ccc(-c2ncc(CNC(=O)c3ccc4c(c3)NC(=O)c3ccccc3O4)s2)cc1. The number of nitrogens with zero attached hydrogens (tertiary/aromatic N) is 1. The zero-order chi connectivity index (χ0) is 22.8. The minimum atomic E-state index is -0.279. The van der Waals surface area contributed by atoms with Crippen LogP contribution in [0.15, 0.2) is 72.9 Å². The van der Waals surface area contributed by atoms with Crippen LogP contribution in [0.25, 0.3) is 10.6 Å². The number of amides is 2. The number of aromatic nitrogens is 1. The van der Waals surface area contributed by atoms with Crippen LogP contribution in [0.3, 0.4) is 0 Å². The molecule has 0 saturated heterocycles. The highest BCUT2D eigenvalue weighted by Gasteiger charge is 2.21. The van der Waals surface area contributed by atoms with E-state index < -0.39 is 0 Å². The number of benzene rings is 3. The van der Waals surface area contributed by atoms with E-state index in [1.165, 1.54) is 11.3 Å². The molecule has 2 amide bonds. The molecule has 9 heteroatoms. The second-order valence-corrected chi connectivity index (χ2v) is 8.59. The lowest BCUT2D eigenvalue weighted by atomic mass is 10.1. The maximum absolute atomic E-state index is 12.7. The fourth-order valence-corrected chi connectivity index (χ4v) is 4.34. The maximum atomic E-state index is 12.7. The summed E-state index contributed by atoms with van der Waals surface area (Å²) in [5.41, 5.74) is 9.04. The molecule has 1 aliphatic rings. The number of halogens is 1. The van der Waals surface area contributed by atoms with E-state index in [0.717, 1.165) is 21.0 Å². The van der Waals surface area contributed by atoms with E-state index in [9.17, 15) is 9.59 Å². The third kappa shape index (κ3) is 4.79. The summed E-state index contributed by atoms with van der Waals surface area (Å²) in [5, 5.41) is 6.61. The van der Waals surface area contributed by atoms with Crippen molar-refractivity contribution in [3.8, 4) is 22.1 Å². The number of thiazole rings is 1. The molecule has 172 valence electrons. The van der Waals surface area contributed by atoms with Crippen LogP contribution in [0, 0.1) is 0 Å². The summed E-state index contributed by atoms with van der Waals surface area (Å²) in [7, 11) is 0. The summed E-state index contributed by atoms with van der Waals surface area (Å²) in [4.78, 5) is 30.7. The monoisotopic (exact) mass is 492 g/mol. The summed E-state index contributed by atoms with van der Waals surface area (Å²) >= 11 is 1.52. The molecule has 0 unspecified atom stereocenters. The molecule has 1 aliphatic heterocycles. The average molecular weight is 493 g/mol. The number of carbonyl (C=O) groups is 2. The van der Waals surface area contributed by atoms with E-state index >= 15 is 0 Å². The van der Waals surface area contributed by atoms with Crippen molar-refractivity contribution in [2.24, 2.45) is 5.73 Å². The van der Waals surface area contributed by atoms with Crippen molar-refractivity contribution >= 4 is 41.2 Å². The number of hydrogen-bond acceptors (Lipinski definition) is 6. The van der Waals surface area contributed by atoms with Gasteiger partial charge in [-0.2, -0.15) is 0 Å². The van der Waals surface area contributed by atoms with Crippen LogP contribution >= 0.6 is 23.7 Å². The second-order valence-electron chi connectivity index (χ2n) is 7.48. The van der Waals surface area contributed by atoms with Crippen LogP contribution in [0.2, 0.25) is 0 Å². The van der Waals surface area contributed by atoms with Gasteiger partial charge in [-0.25, -0.2) is 4.98 Å². The predicted molar refractivity (Wildman–Crippen MR) is 135 cm³/mol. The Kier molecular flexibility index (Phi) is 6.93. The van der Waals surface area contributed by atoms with Gasteiger partial charge in [0, 0.05) is 28.7 Å². The van der Waals surface area contributed by atoms with E-state index in [0.29, 0.717) is 41.4 Å². The molecular formula is C25H21ClN4O3S. The van der Waals surface area contributed by atoms with Gasteiger partial charge in [0.1, 0.15) is 10.8 Å². The fourth-order valence-electron chi connectivity index (χ4n) is 3.48. The minimum Gasteiger partial charge on any atom is -0.454 e. The van der Waals surface area contributed by atoms with Gasteiger partial charge < -0.3 is 21.1 Å². The second kappa shape index (κ2) is 10.0. The molecular weight excluding hydrogens is 472 g/mol. The van der Waals surface area contributed by atoms with Crippen LogP contribution in [0.1, 0.15) is 31.2 Å². The van der Waals surface area contributed by atoms with Gasteiger partial charge in [0.2, 0.25) is 0 Å². The predicted octanol–water partition coefficient (Wildman–Crippen LogP) is 4.98. The standard InChI is InChI=1S/C25H20N4O3S.ClH/c26-12-15-5-7-16(8-6-15)25-28-14-18(33-25)13-27-23(30)17-9-10-22-20(11-17)29-24(31)19-3-1-2-4-21(19)32-22;/h1-11,14H,12-13,26H2,(H,27,30)(H,29,31);1H. The molecule has 5 rings (SSSR count). The zero-order valence-corrected chi connectivity index (χ0v) is 19.5. The number of rotatable bonds is 5. The molecule has 3 aromatic carbocycles. The molecule has 34 heavy (non-hydrogen) atoms. The first-order valence-electron chi connectivity index (χ1n) is 10.4. The Labute approximate surface area is 206 Å². The summed E-state index contributed by atoms with van der Waals surface area (Å²) in [6.45, 7) is 0.851. The Balaban J connectivity index is 0.00000274. The van der Waals surface area contributed by atoms with Crippen molar-refractivity contribution in [3.05, 3.63) is 94.5 Å². The quantitative estimate of drug-likeness (QED) is 0.364. The molecule has 7 nitrogen and oxygen atoms in total. The van der Waals surface area contributed by atoms with Gasteiger partial charge in [-0.1, -0.05) is 36.4 Å². The number of fused-ring (bicyclic) bond motifs is 2. The molecule has 2 heterocycles. The first kappa shape index (κ1) is 23.4. The summed E-state index contributed by atoms with van der Waals surface area (Å²) in [5.74, 6) is 0.428. The Morgan fingerprint density at radius 1 is 1.06 bits per heavy atom. The first-order valence-corrected chi connectivity index (χ1v) is 11.2. The molecule has 0 spiro atoms. The van der Waals surface area contributed by atoms with Crippen LogP contribution in [0.5, 0.6) is 11.5 Å². The Bertz CT molecular complexity index is 1350. The number of anilines is 1. The Morgan fingerprint density at radius 2 is 1.85 bits per heavy atom. The Morgan fingerprint density at radius 3 is 2.65 bits per heavy atom. The van der Waals surface area contributed by atoms with Crippen molar-refractivity contribution in [1.82, 2.24) is 10.3 Å². The van der Waals surface area contributed by atoms with Gasteiger partial charge in [0.25, 0.3) is 11.8 Å². The minimum absolute atomic E-state index is 0. The maximum Gasteiger partial charge on any atom is 0.259 e. The molecule has 0 bridgehead atoms. The average Bonchev–Trinajstić information content (AvgIpc) is 3.27. The largest absolute Gasteiger partial charge is 0.454 e. The van der Waals surface area contributed by atoms with Crippen LogP contribution in [-0.2, 0) is 13.1 Å². The molecule has 0 fully saturated rings. The Hall–Kier alpha value is -3.72. The number of para-hydroxylation sites is 1. The number of nitrogens with two attached hydrogens (primary N) is 1. The molecule has 1 aromatic heterocycles. The van der Waals surface area contributed by atoms with Gasteiger partial charge in [-0.05, 0) is 35.9 Å². The summed E-state index contributed by atoms with van der Waals surface area (Å²) in [6, 6.07) is 19.9. The lowest BCUT2D eigenvalue weighted by Gasteiger charge is -2.10. The number of ether oxygens (including phenoxy) is 1. The van der Waals surface area contributed by atoms with E-state index in [-0.39, 0.29) is 24.2 Å². The van der Waals surface area contributed by atoms with Gasteiger partial charge in [-0.3, -0.25) is 9.59 Å². The molecule has 0 saturated carbocycles. The van der Waals surface area contributed by atoms with E-state index in [1.54, 1.807) is 48.7 Å². The van der Waals surface area contributed by atoms with Crippen LogP contribution < -0.4 is 21.1 Å². The third-order valence-electron chi connectivity index (χ3n) is 5.25. The van der Waals surface area contributed by atoms with Crippen LogP contribution in [-0.4, -0.2) is 16.8 Å².